The Labute approximate surface area is 129 Å². The van der Waals surface area contributed by atoms with Gasteiger partial charge in [-0.3, -0.25) is 5.43 Å². The Kier molecular flexibility index (Phi) is 3.89. The number of benzene rings is 2. The van der Waals surface area contributed by atoms with E-state index in [1.54, 1.807) is 24.3 Å². The van der Waals surface area contributed by atoms with Gasteiger partial charge in [0.05, 0.1) is 10.2 Å². The molecule has 0 saturated heterocycles. The summed E-state index contributed by atoms with van der Waals surface area (Å²) < 4.78 is 1.06. The van der Waals surface area contributed by atoms with Gasteiger partial charge in [0.15, 0.2) is 0 Å². The Morgan fingerprint density at radius 1 is 1.10 bits per heavy atom. The van der Waals surface area contributed by atoms with Gasteiger partial charge in [0.1, 0.15) is 0 Å². The van der Waals surface area contributed by atoms with Crippen molar-refractivity contribution in [2.24, 2.45) is 0 Å². The molecule has 1 heterocycles. The van der Waals surface area contributed by atoms with E-state index in [0.29, 0.717) is 15.8 Å². The van der Waals surface area contributed by atoms with Crippen LogP contribution in [0.4, 0.5) is 15.6 Å². The largest absolute Gasteiger partial charge is 0.337 e. The van der Waals surface area contributed by atoms with Crippen molar-refractivity contribution in [1.82, 2.24) is 10.4 Å². The third kappa shape index (κ3) is 3.42. The van der Waals surface area contributed by atoms with Gasteiger partial charge < -0.3 is 5.32 Å². The van der Waals surface area contributed by atoms with E-state index in [1.807, 2.05) is 24.3 Å². The Balaban J connectivity index is 1.59. The molecular formula is C14H11ClN4OS. The number of hydrogen-bond acceptors (Lipinski definition) is 4. The molecule has 2 amide bonds. The first-order valence-corrected chi connectivity index (χ1v) is 7.34. The van der Waals surface area contributed by atoms with Crippen molar-refractivity contribution in [2.75, 3.05) is 10.7 Å². The second kappa shape index (κ2) is 5.99. The van der Waals surface area contributed by atoms with Crippen LogP contribution < -0.4 is 16.2 Å². The third-order valence-corrected chi connectivity index (χ3v) is 3.88. The first-order valence-electron chi connectivity index (χ1n) is 6.15. The summed E-state index contributed by atoms with van der Waals surface area (Å²) in [6, 6.07) is 14.3. The maximum Gasteiger partial charge on any atom is 0.337 e. The third-order valence-electron chi connectivity index (χ3n) is 2.68. The van der Waals surface area contributed by atoms with Gasteiger partial charge in [-0.15, -0.1) is 0 Å². The van der Waals surface area contributed by atoms with Crippen molar-refractivity contribution < 1.29 is 4.79 Å². The molecule has 1 aromatic heterocycles. The standard InChI is InChI=1S/C14H11ClN4OS/c15-9-5-7-10(8-6-9)16-13(20)18-19-14-17-11-3-1-2-4-12(11)21-14/h1-8H,(H,17,19)(H2,16,18,20). The van der Waals surface area contributed by atoms with Crippen molar-refractivity contribution in [1.29, 1.82) is 0 Å². The van der Waals surface area contributed by atoms with Crippen LogP contribution in [0.25, 0.3) is 10.2 Å². The summed E-state index contributed by atoms with van der Waals surface area (Å²) in [6.07, 6.45) is 0. The molecule has 0 fully saturated rings. The average molecular weight is 319 g/mol. The minimum atomic E-state index is -0.378. The topological polar surface area (TPSA) is 66.0 Å². The lowest BCUT2D eigenvalue weighted by Crippen LogP contribution is -2.33. The average Bonchev–Trinajstić information content (AvgIpc) is 2.90. The number of anilines is 2. The number of rotatable bonds is 3. The van der Waals surface area contributed by atoms with E-state index in [2.05, 4.69) is 21.2 Å². The summed E-state index contributed by atoms with van der Waals surface area (Å²) in [7, 11) is 0. The quantitative estimate of drug-likeness (QED) is 0.637. The second-order valence-electron chi connectivity index (χ2n) is 4.20. The number of fused-ring (bicyclic) bond motifs is 1. The second-order valence-corrected chi connectivity index (χ2v) is 5.66. The van der Waals surface area contributed by atoms with Crippen molar-refractivity contribution in [3.63, 3.8) is 0 Å². The molecular weight excluding hydrogens is 308 g/mol. The van der Waals surface area contributed by atoms with Crippen LogP contribution >= 0.6 is 22.9 Å². The maximum atomic E-state index is 11.7. The lowest BCUT2D eigenvalue weighted by atomic mass is 10.3. The van der Waals surface area contributed by atoms with Crippen LogP contribution in [0, 0.1) is 0 Å². The highest BCUT2D eigenvalue weighted by Crippen LogP contribution is 2.24. The SMILES string of the molecule is O=C(NNc1nc2ccccc2s1)Nc1ccc(Cl)cc1. The summed E-state index contributed by atoms with van der Waals surface area (Å²) in [5.74, 6) is 0. The van der Waals surface area contributed by atoms with Gasteiger partial charge in [0.2, 0.25) is 5.13 Å². The fourth-order valence-corrected chi connectivity index (χ4v) is 2.68. The smallest absolute Gasteiger partial charge is 0.307 e. The predicted octanol–water partition coefficient (Wildman–Crippen LogP) is 4.10. The molecule has 3 N–H and O–H groups in total. The summed E-state index contributed by atoms with van der Waals surface area (Å²) in [4.78, 5) is 16.1. The zero-order valence-electron chi connectivity index (χ0n) is 10.8. The molecule has 0 saturated carbocycles. The summed E-state index contributed by atoms with van der Waals surface area (Å²) in [6.45, 7) is 0. The van der Waals surface area contributed by atoms with Crippen LogP contribution in [0.5, 0.6) is 0 Å². The van der Waals surface area contributed by atoms with E-state index in [1.165, 1.54) is 11.3 Å². The number of halogens is 1. The highest BCUT2D eigenvalue weighted by Gasteiger charge is 2.05. The Bertz CT molecular complexity index is 739. The molecule has 5 nitrogen and oxygen atoms in total. The molecule has 0 bridgehead atoms. The molecule has 0 spiro atoms. The predicted molar refractivity (Wildman–Crippen MR) is 86.8 cm³/mol. The number of thiazole rings is 1. The van der Waals surface area contributed by atoms with Gasteiger partial charge in [-0.25, -0.2) is 15.2 Å². The van der Waals surface area contributed by atoms with Crippen LogP contribution in [0.1, 0.15) is 0 Å². The van der Waals surface area contributed by atoms with Gasteiger partial charge in [0.25, 0.3) is 0 Å². The first-order chi connectivity index (χ1) is 10.2. The molecule has 0 aliphatic carbocycles. The minimum Gasteiger partial charge on any atom is -0.307 e. The number of nitrogens with zero attached hydrogens (tertiary/aromatic N) is 1. The number of carbonyl (C=O) groups excluding carboxylic acids is 1. The van der Waals surface area contributed by atoms with E-state index in [4.69, 9.17) is 11.6 Å². The summed E-state index contributed by atoms with van der Waals surface area (Å²) in [5.41, 5.74) is 6.87. The number of nitrogens with one attached hydrogen (secondary N) is 3. The molecule has 3 rings (SSSR count). The van der Waals surface area contributed by atoms with E-state index >= 15 is 0 Å². The number of para-hydroxylation sites is 1. The van der Waals surface area contributed by atoms with Gasteiger partial charge >= 0.3 is 6.03 Å². The first kappa shape index (κ1) is 13.7. The Morgan fingerprint density at radius 3 is 2.62 bits per heavy atom. The van der Waals surface area contributed by atoms with E-state index < -0.39 is 0 Å². The maximum absolute atomic E-state index is 11.7. The van der Waals surface area contributed by atoms with Crippen LogP contribution in [-0.4, -0.2) is 11.0 Å². The fraction of sp³-hybridized carbons (Fsp3) is 0. The molecule has 0 aliphatic rings. The van der Waals surface area contributed by atoms with Crippen LogP contribution in [0.15, 0.2) is 48.5 Å². The number of hydrazine groups is 1. The molecule has 0 aliphatic heterocycles. The van der Waals surface area contributed by atoms with Crippen molar-refractivity contribution in [3.8, 4) is 0 Å². The Morgan fingerprint density at radius 2 is 1.86 bits per heavy atom. The monoisotopic (exact) mass is 318 g/mol. The van der Waals surface area contributed by atoms with Crippen molar-refractivity contribution >= 4 is 50.0 Å². The molecule has 106 valence electrons. The lowest BCUT2D eigenvalue weighted by molar-refractivity contribution is 0.254. The van der Waals surface area contributed by atoms with Crippen LogP contribution in [-0.2, 0) is 0 Å². The number of hydrogen-bond donors (Lipinski definition) is 3. The van der Waals surface area contributed by atoms with Gasteiger partial charge in [0, 0.05) is 10.7 Å². The van der Waals surface area contributed by atoms with Crippen LogP contribution in [0.2, 0.25) is 5.02 Å². The summed E-state index contributed by atoms with van der Waals surface area (Å²) >= 11 is 7.25. The van der Waals surface area contributed by atoms with Crippen LogP contribution in [0.3, 0.4) is 0 Å². The number of carbonyl (C=O) groups is 1. The molecule has 21 heavy (non-hydrogen) atoms. The van der Waals surface area contributed by atoms with E-state index in [9.17, 15) is 4.79 Å². The van der Waals surface area contributed by atoms with Crippen molar-refractivity contribution in [2.45, 2.75) is 0 Å². The van der Waals surface area contributed by atoms with Gasteiger partial charge in [-0.1, -0.05) is 35.1 Å². The molecule has 2 aromatic carbocycles. The zero-order valence-corrected chi connectivity index (χ0v) is 12.3. The fourth-order valence-electron chi connectivity index (χ4n) is 1.73. The highest BCUT2D eigenvalue weighted by atomic mass is 35.5. The Hall–Kier alpha value is -2.31. The zero-order chi connectivity index (χ0) is 14.7. The molecule has 7 heteroatoms. The number of amides is 2. The van der Waals surface area contributed by atoms with Crippen molar-refractivity contribution in [3.05, 3.63) is 53.6 Å². The normalized spacial score (nSPS) is 10.3. The number of urea groups is 1. The van der Waals surface area contributed by atoms with E-state index in [0.717, 1.165) is 10.2 Å². The number of aromatic nitrogens is 1. The molecule has 0 radical (unpaired) electrons. The van der Waals surface area contributed by atoms with Gasteiger partial charge in [-0.2, -0.15) is 0 Å². The lowest BCUT2D eigenvalue weighted by Gasteiger charge is -2.07. The van der Waals surface area contributed by atoms with E-state index in [-0.39, 0.29) is 6.03 Å². The molecule has 3 aromatic rings. The molecule has 0 atom stereocenters. The summed E-state index contributed by atoms with van der Waals surface area (Å²) in [5, 5.41) is 3.93. The highest BCUT2D eigenvalue weighted by molar-refractivity contribution is 7.22. The minimum absolute atomic E-state index is 0.378. The molecule has 0 unspecified atom stereocenters. The van der Waals surface area contributed by atoms with Gasteiger partial charge in [-0.05, 0) is 36.4 Å².